The molecule has 1 nitrogen and oxygen atoms in total. The Morgan fingerprint density at radius 1 is 0.406 bits per heavy atom. The number of thiophene rings is 1. The van der Waals surface area contributed by atoms with E-state index in [4.69, 9.17) is 0 Å². The monoisotopic (exact) mass is 837 g/mol. The van der Waals surface area contributed by atoms with Gasteiger partial charge < -0.3 is 4.90 Å². The minimum atomic E-state index is -0.469. The lowest BCUT2D eigenvalue weighted by Crippen LogP contribution is -2.26. The third-order valence-corrected chi connectivity index (χ3v) is 15.9. The van der Waals surface area contributed by atoms with E-state index >= 15 is 0 Å². The fraction of sp³-hybridized carbons (Fsp3) is 0.129. The van der Waals surface area contributed by atoms with Crippen LogP contribution >= 0.6 is 11.3 Å². The molecule has 10 aromatic rings. The summed E-state index contributed by atoms with van der Waals surface area (Å²) >= 11 is 1.91. The van der Waals surface area contributed by atoms with E-state index in [0.717, 1.165) is 17.1 Å². The van der Waals surface area contributed by atoms with Gasteiger partial charge in [0.25, 0.3) is 0 Å². The Labute approximate surface area is 379 Å². The van der Waals surface area contributed by atoms with E-state index in [1.54, 1.807) is 0 Å². The molecule has 0 radical (unpaired) electrons. The van der Waals surface area contributed by atoms with E-state index in [1.807, 2.05) is 11.3 Å². The van der Waals surface area contributed by atoms with Crippen LogP contribution in [0.1, 0.15) is 72.9 Å². The second-order valence-electron chi connectivity index (χ2n) is 19.7. The number of hydrogen-bond donors (Lipinski definition) is 0. The molecule has 9 aromatic carbocycles. The average molecular weight is 838 g/mol. The van der Waals surface area contributed by atoms with Crippen LogP contribution in [0.4, 0.5) is 17.1 Å². The van der Waals surface area contributed by atoms with Gasteiger partial charge in [-0.05, 0) is 159 Å². The Kier molecular flexibility index (Phi) is 7.78. The van der Waals surface area contributed by atoms with Crippen LogP contribution in [-0.4, -0.2) is 0 Å². The minimum absolute atomic E-state index is 0.0141. The maximum atomic E-state index is 2.55. The number of rotatable bonds is 4. The Morgan fingerprint density at radius 2 is 1.02 bits per heavy atom. The van der Waals surface area contributed by atoms with Crippen LogP contribution in [0.5, 0.6) is 0 Å². The summed E-state index contributed by atoms with van der Waals surface area (Å²) in [6.07, 6.45) is 0. The molecule has 13 rings (SSSR count). The maximum Gasteiger partial charge on any atom is 0.0819 e. The zero-order chi connectivity index (χ0) is 43.1. The second-order valence-corrected chi connectivity index (χ2v) is 20.6. The van der Waals surface area contributed by atoms with Crippen LogP contribution in [0.15, 0.2) is 193 Å². The van der Waals surface area contributed by atoms with Gasteiger partial charge in [0.2, 0.25) is 0 Å². The SMILES string of the molecule is CC(C)(C)c1ccc2c(c1)C1(c3ccc(-c4ccccc4)cc3-2)c2cc(N(c3ccc4c(c3)C(C)(C)c3ccccc3-4)c3ccc4ccc5ccccc5c4c3)ccc2-c2ccsc21. The summed E-state index contributed by atoms with van der Waals surface area (Å²) in [6, 6.07) is 71.7. The first-order valence-electron chi connectivity index (χ1n) is 22.6. The summed E-state index contributed by atoms with van der Waals surface area (Å²) in [5.41, 5.74) is 21.6. The van der Waals surface area contributed by atoms with E-state index in [2.05, 4.69) is 233 Å². The zero-order valence-corrected chi connectivity index (χ0v) is 37.6. The van der Waals surface area contributed by atoms with Crippen molar-refractivity contribution in [2.24, 2.45) is 0 Å². The molecule has 64 heavy (non-hydrogen) atoms. The van der Waals surface area contributed by atoms with E-state index in [9.17, 15) is 0 Å². The molecule has 306 valence electrons. The van der Waals surface area contributed by atoms with E-state index in [-0.39, 0.29) is 10.8 Å². The zero-order valence-electron chi connectivity index (χ0n) is 36.8. The van der Waals surface area contributed by atoms with E-state index in [0.29, 0.717) is 0 Å². The van der Waals surface area contributed by atoms with Crippen LogP contribution in [0.2, 0.25) is 0 Å². The predicted octanol–water partition coefficient (Wildman–Crippen LogP) is 17.1. The van der Waals surface area contributed by atoms with Crippen molar-refractivity contribution in [2.75, 3.05) is 4.90 Å². The molecule has 0 saturated heterocycles. The summed E-state index contributed by atoms with van der Waals surface area (Å²) < 4.78 is 0. The molecule has 1 spiro atoms. The predicted molar refractivity (Wildman–Crippen MR) is 272 cm³/mol. The third-order valence-electron chi connectivity index (χ3n) is 14.9. The second kappa shape index (κ2) is 13.3. The van der Waals surface area contributed by atoms with Crippen molar-refractivity contribution in [3.63, 3.8) is 0 Å². The van der Waals surface area contributed by atoms with Gasteiger partial charge >= 0.3 is 0 Å². The number of benzene rings is 9. The lowest BCUT2D eigenvalue weighted by Gasteiger charge is -2.33. The smallest absolute Gasteiger partial charge is 0.0819 e. The van der Waals surface area contributed by atoms with Crippen molar-refractivity contribution in [1.82, 2.24) is 0 Å². The van der Waals surface area contributed by atoms with Gasteiger partial charge in [-0.1, -0.05) is 174 Å². The number of hydrogen-bond acceptors (Lipinski definition) is 2. The molecule has 0 aliphatic heterocycles. The molecule has 1 atom stereocenters. The van der Waals surface area contributed by atoms with Gasteiger partial charge in [0.1, 0.15) is 0 Å². The van der Waals surface area contributed by atoms with E-state index < -0.39 is 5.41 Å². The van der Waals surface area contributed by atoms with Crippen molar-refractivity contribution in [3.8, 4) is 44.5 Å². The highest BCUT2D eigenvalue weighted by Gasteiger charge is 2.53. The normalized spacial score (nSPS) is 16.1. The minimum Gasteiger partial charge on any atom is -0.310 e. The van der Waals surface area contributed by atoms with Crippen LogP contribution in [0, 0.1) is 0 Å². The molecule has 1 unspecified atom stereocenters. The standard InChI is InChI=1S/C62H47NS/c1-60(2,3)42-23-27-50-53-33-41(38-13-7-6-8-14-38)22-30-55(53)62(57(50)34-42)58-37-45(26-29-49(58)51-31-32-64-59(51)62)63(43-24-21-40-20-19-39-15-9-10-16-46(39)52(40)35-43)44-25-28-48-47-17-11-12-18-54(47)61(4,5)56(48)36-44/h6-37H,1-5H3. The van der Waals surface area contributed by atoms with Crippen molar-refractivity contribution >= 4 is 49.9 Å². The van der Waals surface area contributed by atoms with Crippen LogP contribution in [0.25, 0.3) is 66.1 Å². The summed E-state index contributed by atoms with van der Waals surface area (Å²) in [4.78, 5) is 3.95. The number of nitrogens with zero attached hydrogens (tertiary/aromatic N) is 1. The summed E-state index contributed by atoms with van der Waals surface area (Å²) in [6.45, 7) is 11.8. The van der Waals surface area contributed by atoms with Crippen LogP contribution < -0.4 is 4.90 Å². The molecular formula is C62H47NS. The molecule has 0 N–H and O–H groups in total. The first-order chi connectivity index (χ1) is 31.1. The molecule has 3 aliphatic carbocycles. The van der Waals surface area contributed by atoms with Gasteiger partial charge in [-0.15, -0.1) is 11.3 Å². The van der Waals surface area contributed by atoms with Crippen molar-refractivity contribution in [3.05, 3.63) is 232 Å². The van der Waals surface area contributed by atoms with Gasteiger partial charge in [0.05, 0.1) is 5.41 Å². The summed E-state index contributed by atoms with van der Waals surface area (Å²) in [5.74, 6) is 0. The Bertz CT molecular complexity index is 3580. The Morgan fingerprint density at radius 3 is 1.83 bits per heavy atom. The highest BCUT2D eigenvalue weighted by molar-refractivity contribution is 7.11. The van der Waals surface area contributed by atoms with Gasteiger partial charge in [-0.3, -0.25) is 0 Å². The van der Waals surface area contributed by atoms with Gasteiger partial charge in [-0.25, -0.2) is 0 Å². The average Bonchev–Trinajstić information content (AvgIpc) is 4.05. The number of fused-ring (bicyclic) bond motifs is 16. The largest absolute Gasteiger partial charge is 0.310 e. The first kappa shape index (κ1) is 37.5. The maximum absolute atomic E-state index is 2.55. The Hall–Kier alpha value is -7.00. The van der Waals surface area contributed by atoms with Gasteiger partial charge in [0.15, 0.2) is 0 Å². The van der Waals surface area contributed by atoms with Gasteiger partial charge in [-0.2, -0.15) is 0 Å². The lowest BCUT2D eigenvalue weighted by atomic mass is 9.72. The molecule has 1 heterocycles. The molecule has 0 saturated carbocycles. The summed E-state index contributed by atoms with van der Waals surface area (Å²) in [7, 11) is 0. The topological polar surface area (TPSA) is 3.24 Å². The molecular weight excluding hydrogens is 791 g/mol. The lowest BCUT2D eigenvalue weighted by molar-refractivity contribution is 0.588. The molecule has 1 aromatic heterocycles. The summed E-state index contributed by atoms with van der Waals surface area (Å²) in [5, 5.41) is 7.34. The van der Waals surface area contributed by atoms with Gasteiger partial charge in [0, 0.05) is 27.4 Å². The highest BCUT2D eigenvalue weighted by Crippen LogP contribution is 2.65. The molecule has 0 fully saturated rings. The van der Waals surface area contributed by atoms with Crippen molar-refractivity contribution in [1.29, 1.82) is 0 Å². The van der Waals surface area contributed by atoms with Crippen molar-refractivity contribution < 1.29 is 0 Å². The van der Waals surface area contributed by atoms with Crippen LogP contribution in [-0.2, 0) is 16.2 Å². The molecule has 2 heteroatoms. The quantitative estimate of drug-likeness (QED) is 0.160. The van der Waals surface area contributed by atoms with Crippen LogP contribution in [0.3, 0.4) is 0 Å². The van der Waals surface area contributed by atoms with Crippen molar-refractivity contribution in [2.45, 2.75) is 50.9 Å². The fourth-order valence-corrected chi connectivity index (χ4v) is 12.9. The third kappa shape index (κ3) is 5.12. The molecule has 0 amide bonds. The highest BCUT2D eigenvalue weighted by atomic mass is 32.1. The molecule has 0 bridgehead atoms. The number of anilines is 3. The first-order valence-corrected chi connectivity index (χ1v) is 23.5. The fourth-order valence-electron chi connectivity index (χ4n) is 11.7. The molecule has 3 aliphatic rings. The Balaban J connectivity index is 1.08. The van der Waals surface area contributed by atoms with E-state index in [1.165, 1.54) is 104 Å².